The highest BCUT2D eigenvalue weighted by atomic mass is 19.1. The SMILES string of the molecule is CCN(c1cc(F)cc(C(=O)O)c1C)C1C[C@@H](C)N(Cc2ccccc2)[C@H](C)C1. The van der Waals surface area contributed by atoms with Gasteiger partial charge in [0.25, 0.3) is 0 Å². The molecule has 4 nitrogen and oxygen atoms in total. The average molecular weight is 399 g/mol. The Labute approximate surface area is 173 Å². The zero-order chi connectivity index (χ0) is 21.1. The topological polar surface area (TPSA) is 43.8 Å². The van der Waals surface area contributed by atoms with Crippen molar-refractivity contribution in [3.8, 4) is 0 Å². The van der Waals surface area contributed by atoms with Gasteiger partial charge in [-0.25, -0.2) is 9.18 Å². The largest absolute Gasteiger partial charge is 0.478 e. The smallest absolute Gasteiger partial charge is 0.336 e. The average Bonchev–Trinajstić information content (AvgIpc) is 2.68. The zero-order valence-electron chi connectivity index (χ0n) is 17.7. The number of halogens is 1. The molecule has 1 N–H and O–H groups in total. The van der Waals surface area contributed by atoms with Gasteiger partial charge in [-0.3, -0.25) is 4.90 Å². The molecule has 5 heteroatoms. The van der Waals surface area contributed by atoms with E-state index in [0.29, 0.717) is 29.9 Å². The highest BCUT2D eigenvalue weighted by Crippen LogP contribution is 2.33. The molecule has 156 valence electrons. The predicted octanol–water partition coefficient (Wildman–Crippen LogP) is 5.10. The van der Waals surface area contributed by atoms with Crippen molar-refractivity contribution in [3.05, 3.63) is 65.0 Å². The van der Waals surface area contributed by atoms with E-state index in [-0.39, 0.29) is 11.6 Å². The van der Waals surface area contributed by atoms with Gasteiger partial charge in [0.15, 0.2) is 0 Å². The van der Waals surface area contributed by atoms with Gasteiger partial charge < -0.3 is 10.0 Å². The van der Waals surface area contributed by atoms with Gasteiger partial charge in [0.2, 0.25) is 0 Å². The minimum absolute atomic E-state index is 0.0426. The molecule has 1 heterocycles. The summed E-state index contributed by atoms with van der Waals surface area (Å²) in [5.41, 5.74) is 2.68. The second-order valence-corrected chi connectivity index (χ2v) is 8.17. The molecule has 1 aliphatic rings. The van der Waals surface area contributed by atoms with Crippen LogP contribution >= 0.6 is 0 Å². The number of hydrogen-bond donors (Lipinski definition) is 1. The van der Waals surface area contributed by atoms with Gasteiger partial charge in [-0.2, -0.15) is 0 Å². The van der Waals surface area contributed by atoms with Crippen LogP contribution in [0.4, 0.5) is 10.1 Å². The molecule has 0 aromatic heterocycles. The number of hydrogen-bond acceptors (Lipinski definition) is 3. The first kappa shape index (κ1) is 21.3. The second-order valence-electron chi connectivity index (χ2n) is 8.17. The minimum Gasteiger partial charge on any atom is -0.478 e. The number of nitrogens with zero attached hydrogens (tertiary/aromatic N) is 2. The third-order valence-corrected chi connectivity index (χ3v) is 6.23. The number of anilines is 1. The normalized spacial score (nSPS) is 22.4. The molecule has 0 aliphatic carbocycles. The van der Waals surface area contributed by atoms with E-state index in [2.05, 4.69) is 54.8 Å². The maximum Gasteiger partial charge on any atom is 0.336 e. The molecule has 2 aromatic carbocycles. The number of aromatic carboxylic acids is 1. The lowest BCUT2D eigenvalue weighted by atomic mass is 9.90. The van der Waals surface area contributed by atoms with Crippen LogP contribution in [0.5, 0.6) is 0 Å². The third-order valence-electron chi connectivity index (χ3n) is 6.23. The summed E-state index contributed by atoms with van der Waals surface area (Å²) in [6.45, 7) is 9.96. The number of likely N-dealkylation sites (tertiary alicyclic amines) is 1. The fourth-order valence-corrected chi connectivity index (χ4v) is 4.76. The number of carboxylic acid groups (broad SMARTS) is 1. The summed E-state index contributed by atoms with van der Waals surface area (Å²) in [5.74, 6) is -1.58. The van der Waals surface area contributed by atoms with Gasteiger partial charge in [0.05, 0.1) is 5.56 Å². The molecule has 0 radical (unpaired) electrons. The summed E-state index contributed by atoms with van der Waals surface area (Å²) in [5, 5.41) is 9.45. The van der Waals surface area contributed by atoms with Gasteiger partial charge in [0, 0.05) is 36.9 Å². The van der Waals surface area contributed by atoms with Crippen molar-refractivity contribution < 1.29 is 14.3 Å². The highest BCUT2D eigenvalue weighted by Gasteiger charge is 2.34. The van der Waals surface area contributed by atoms with E-state index in [4.69, 9.17) is 0 Å². The molecule has 0 unspecified atom stereocenters. The van der Waals surface area contributed by atoms with E-state index in [1.54, 1.807) is 6.92 Å². The van der Waals surface area contributed by atoms with Crippen LogP contribution in [0.2, 0.25) is 0 Å². The number of rotatable bonds is 6. The van der Waals surface area contributed by atoms with Crippen molar-refractivity contribution in [1.29, 1.82) is 0 Å². The van der Waals surface area contributed by atoms with Crippen LogP contribution in [0.25, 0.3) is 0 Å². The van der Waals surface area contributed by atoms with E-state index in [1.807, 2.05) is 6.07 Å². The molecule has 0 bridgehead atoms. The van der Waals surface area contributed by atoms with Crippen molar-refractivity contribution >= 4 is 11.7 Å². The highest BCUT2D eigenvalue weighted by molar-refractivity contribution is 5.91. The van der Waals surface area contributed by atoms with Crippen molar-refractivity contribution in [1.82, 2.24) is 4.90 Å². The van der Waals surface area contributed by atoms with Crippen molar-refractivity contribution in [2.45, 2.75) is 65.2 Å². The van der Waals surface area contributed by atoms with Gasteiger partial charge >= 0.3 is 5.97 Å². The number of benzene rings is 2. The predicted molar refractivity (Wildman–Crippen MR) is 115 cm³/mol. The van der Waals surface area contributed by atoms with Gasteiger partial charge in [0.1, 0.15) is 5.82 Å². The Morgan fingerprint density at radius 2 is 1.79 bits per heavy atom. The third kappa shape index (κ3) is 4.61. The Hall–Kier alpha value is -2.40. The van der Waals surface area contributed by atoms with Gasteiger partial charge in [-0.05, 0) is 63.8 Å². The van der Waals surface area contributed by atoms with Crippen LogP contribution in [0.15, 0.2) is 42.5 Å². The molecular weight excluding hydrogens is 367 g/mol. The summed E-state index contributed by atoms with van der Waals surface area (Å²) in [7, 11) is 0. The molecule has 1 aliphatic heterocycles. The molecule has 1 fully saturated rings. The molecule has 3 rings (SSSR count). The van der Waals surface area contributed by atoms with Crippen LogP contribution < -0.4 is 4.90 Å². The van der Waals surface area contributed by atoms with Crippen LogP contribution in [0.1, 0.15) is 55.1 Å². The summed E-state index contributed by atoms with van der Waals surface area (Å²) in [6.07, 6.45) is 1.92. The first-order valence-corrected chi connectivity index (χ1v) is 10.4. The summed E-state index contributed by atoms with van der Waals surface area (Å²) in [4.78, 5) is 16.3. The van der Waals surface area contributed by atoms with Crippen LogP contribution in [-0.4, -0.2) is 40.6 Å². The van der Waals surface area contributed by atoms with Gasteiger partial charge in [-0.15, -0.1) is 0 Å². The molecular formula is C24H31FN2O2. The quantitative estimate of drug-likeness (QED) is 0.735. The second kappa shape index (κ2) is 8.95. The van der Waals surface area contributed by atoms with Crippen molar-refractivity contribution in [2.24, 2.45) is 0 Å². The Bertz CT molecular complexity index is 843. The van der Waals surface area contributed by atoms with E-state index in [1.165, 1.54) is 11.6 Å². The fourth-order valence-electron chi connectivity index (χ4n) is 4.76. The summed E-state index contributed by atoms with van der Waals surface area (Å²) >= 11 is 0. The van der Waals surface area contributed by atoms with E-state index >= 15 is 0 Å². The fraction of sp³-hybridized carbons (Fsp3) is 0.458. The Balaban J connectivity index is 1.83. The lowest BCUT2D eigenvalue weighted by Crippen LogP contribution is -2.53. The molecule has 0 amide bonds. The number of carbonyl (C=O) groups is 1. The van der Waals surface area contributed by atoms with E-state index in [9.17, 15) is 14.3 Å². The van der Waals surface area contributed by atoms with Gasteiger partial charge in [-0.1, -0.05) is 30.3 Å². The van der Waals surface area contributed by atoms with E-state index < -0.39 is 11.8 Å². The standard InChI is InChI=1S/C24H31FN2O2/c1-5-26(23-14-20(25)13-22(18(23)4)24(28)29)21-11-16(2)27(17(3)12-21)15-19-9-7-6-8-10-19/h6-10,13-14,16-17,21H,5,11-12,15H2,1-4H3,(H,28,29)/t16-,17-/m1/s1. The Morgan fingerprint density at radius 3 is 2.34 bits per heavy atom. The van der Waals surface area contributed by atoms with Crippen LogP contribution in [0.3, 0.4) is 0 Å². The summed E-state index contributed by atoms with van der Waals surface area (Å²) < 4.78 is 14.2. The Morgan fingerprint density at radius 1 is 1.17 bits per heavy atom. The lowest BCUT2D eigenvalue weighted by Gasteiger charge is -2.47. The Kier molecular flexibility index (Phi) is 6.58. The zero-order valence-corrected chi connectivity index (χ0v) is 17.7. The molecule has 1 saturated heterocycles. The maximum absolute atomic E-state index is 14.2. The first-order valence-electron chi connectivity index (χ1n) is 10.4. The molecule has 0 spiro atoms. The maximum atomic E-state index is 14.2. The lowest BCUT2D eigenvalue weighted by molar-refractivity contribution is 0.0695. The van der Waals surface area contributed by atoms with Crippen molar-refractivity contribution in [2.75, 3.05) is 11.4 Å². The number of carboxylic acids is 1. The van der Waals surface area contributed by atoms with E-state index in [0.717, 1.165) is 25.5 Å². The van der Waals surface area contributed by atoms with Crippen LogP contribution in [0, 0.1) is 12.7 Å². The monoisotopic (exact) mass is 398 g/mol. The molecule has 29 heavy (non-hydrogen) atoms. The first-order chi connectivity index (χ1) is 13.8. The molecule has 0 saturated carbocycles. The minimum atomic E-state index is -1.08. The van der Waals surface area contributed by atoms with Crippen LogP contribution in [-0.2, 0) is 6.54 Å². The van der Waals surface area contributed by atoms with Crippen molar-refractivity contribution in [3.63, 3.8) is 0 Å². The molecule has 2 aromatic rings. The summed E-state index contributed by atoms with van der Waals surface area (Å²) in [6, 6.07) is 14.1. The molecule has 2 atom stereocenters. The number of piperidine rings is 1.